The van der Waals surface area contributed by atoms with Crippen LogP contribution < -0.4 is 0 Å². The fourth-order valence-electron chi connectivity index (χ4n) is 5.77. The second-order valence-corrected chi connectivity index (χ2v) is 12.0. The predicted octanol–water partition coefficient (Wildman–Crippen LogP) is 10.2. The maximum absolute atomic E-state index is 6.69. The molecule has 3 heterocycles. The number of aryl methyl sites for hydroxylation is 2. The van der Waals surface area contributed by atoms with Crippen LogP contribution in [0.3, 0.4) is 0 Å². The number of fused-ring (bicyclic) bond motifs is 3. The molecule has 192 valence electrons. The van der Waals surface area contributed by atoms with Gasteiger partial charge in [0.1, 0.15) is 22.8 Å². The molecule has 0 amide bonds. The number of nitrogens with zero attached hydrogens (tertiary/aromatic N) is 1. The van der Waals surface area contributed by atoms with E-state index in [1.165, 1.54) is 27.3 Å². The van der Waals surface area contributed by atoms with Crippen molar-refractivity contribution in [1.82, 2.24) is 4.98 Å². The molecular formula is C35H35NO2. The molecule has 0 fully saturated rings. The van der Waals surface area contributed by atoms with Gasteiger partial charge in [-0.05, 0) is 84.3 Å². The maximum Gasteiger partial charge on any atom is 0.161 e. The highest BCUT2D eigenvalue weighted by Gasteiger charge is 2.22. The van der Waals surface area contributed by atoms with E-state index in [1.807, 2.05) is 6.20 Å². The van der Waals surface area contributed by atoms with Gasteiger partial charge in [-0.2, -0.15) is 0 Å². The highest BCUT2D eigenvalue weighted by Crippen LogP contribution is 2.41. The Morgan fingerprint density at radius 3 is 2.37 bits per heavy atom. The zero-order valence-corrected chi connectivity index (χ0v) is 23.4. The standard InChI is InChI=1S/C35H35NO2/c1-20(2)16-28-22(4)37-31-13-12-24(18-29(28)31)33-21(3)26-14-15-36-32(34(26)38-33)25-17-23-10-8-9-11-27(23)30(19-25)35(5,6)7/h8-15,17-20H,16H2,1-7H3. The summed E-state index contributed by atoms with van der Waals surface area (Å²) in [5.74, 6) is 2.45. The van der Waals surface area contributed by atoms with E-state index >= 15 is 0 Å². The number of hydrogen-bond acceptors (Lipinski definition) is 3. The number of aromatic nitrogens is 1. The van der Waals surface area contributed by atoms with Crippen molar-refractivity contribution in [1.29, 1.82) is 0 Å². The van der Waals surface area contributed by atoms with Gasteiger partial charge in [0.25, 0.3) is 0 Å². The number of pyridine rings is 1. The Morgan fingerprint density at radius 1 is 0.816 bits per heavy atom. The molecule has 38 heavy (non-hydrogen) atoms. The molecule has 0 N–H and O–H groups in total. The maximum atomic E-state index is 6.69. The predicted molar refractivity (Wildman–Crippen MR) is 159 cm³/mol. The minimum Gasteiger partial charge on any atom is -0.461 e. The number of benzene rings is 3. The highest BCUT2D eigenvalue weighted by atomic mass is 16.3. The first kappa shape index (κ1) is 24.5. The lowest BCUT2D eigenvalue weighted by atomic mass is 9.82. The second-order valence-electron chi connectivity index (χ2n) is 12.0. The summed E-state index contributed by atoms with van der Waals surface area (Å²) < 4.78 is 12.8. The lowest BCUT2D eigenvalue weighted by molar-refractivity contribution is 0.560. The van der Waals surface area contributed by atoms with Crippen molar-refractivity contribution >= 4 is 32.7 Å². The summed E-state index contributed by atoms with van der Waals surface area (Å²) in [6.07, 6.45) is 2.90. The molecule has 0 aliphatic heterocycles. The van der Waals surface area contributed by atoms with E-state index in [2.05, 4.69) is 109 Å². The molecule has 0 radical (unpaired) electrons. The van der Waals surface area contributed by atoms with Crippen molar-refractivity contribution in [3.05, 3.63) is 89.3 Å². The van der Waals surface area contributed by atoms with Crippen LogP contribution in [0.5, 0.6) is 0 Å². The molecule has 0 bridgehead atoms. The van der Waals surface area contributed by atoms with E-state index in [4.69, 9.17) is 13.8 Å². The topological polar surface area (TPSA) is 39.2 Å². The third-order valence-corrected chi connectivity index (χ3v) is 7.66. The Bertz CT molecular complexity index is 1820. The molecule has 0 atom stereocenters. The van der Waals surface area contributed by atoms with Gasteiger partial charge in [-0.25, -0.2) is 0 Å². The van der Waals surface area contributed by atoms with E-state index in [-0.39, 0.29) is 5.41 Å². The average Bonchev–Trinajstić information content (AvgIpc) is 3.38. The Hall–Kier alpha value is -3.85. The van der Waals surface area contributed by atoms with Crippen molar-refractivity contribution in [2.75, 3.05) is 0 Å². The summed E-state index contributed by atoms with van der Waals surface area (Å²) in [5, 5.41) is 4.78. The molecule has 6 aromatic rings. The van der Waals surface area contributed by atoms with Crippen molar-refractivity contribution in [3.8, 4) is 22.6 Å². The molecule has 0 unspecified atom stereocenters. The number of furan rings is 2. The summed E-state index contributed by atoms with van der Waals surface area (Å²) in [6, 6.07) is 21.6. The first-order valence-corrected chi connectivity index (χ1v) is 13.6. The molecular weight excluding hydrogens is 466 g/mol. The molecule has 0 spiro atoms. The third-order valence-electron chi connectivity index (χ3n) is 7.66. The van der Waals surface area contributed by atoms with E-state index in [0.717, 1.165) is 56.9 Å². The van der Waals surface area contributed by atoms with E-state index in [9.17, 15) is 0 Å². The Kier molecular flexibility index (Phi) is 5.72. The summed E-state index contributed by atoms with van der Waals surface area (Å²) in [6.45, 7) is 15.5. The van der Waals surface area contributed by atoms with Gasteiger partial charge in [0, 0.05) is 39.2 Å². The Morgan fingerprint density at radius 2 is 1.61 bits per heavy atom. The smallest absolute Gasteiger partial charge is 0.161 e. The molecule has 0 saturated heterocycles. The van der Waals surface area contributed by atoms with E-state index < -0.39 is 0 Å². The summed E-state index contributed by atoms with van der Waals surface area (Å²) in [4.78, 5) is 4.85. The average molecular weight is 502 g/mol. The Labute approximate surface area is 224 Å². The molecule has 3 nitrogen and oxygen atoms in total. The van der Waals surface area contributed by atoms with Crippen LogP contribution in [0.1, 0.15) is 57.1 Å². The van der Waals surface area contributed by atoms with Crippen molar-refractivity contribution in [2.24, 2.45) is 5.92 Å². The van der Waals surface area contributed by atoms with Gasteiger partial charge >= 0.3 is 0 Å². The summed E-state index contributed by atoms with van der Waals surface area (Å²) >= 11 is 0. The van der Waals surface area contributed by atoms with Crippen LogP contribution >= 0.6 is 0 Å². The SMILES string of the molecule is Cc1oc2ccc(-c3oc4c(-c5cc(C(C)(C)C)c6ccccc6c5)nccc4c3C)cc2c1CC(C)C. The van der Waals surface area contributed by atoms with Crippen LogP contribution in [0, 0.1) is 19.8 Å². The largest absolute Gasteiger partial charge is 0.461 e. The van der Waals surface area contributed by atoms with Crippen molar-refractivity contribution in [3.63, 3.8) is 0 Å². The molecule has 6 rings (SSSR count). The fraction of sp³-hybridized carbons (Fsp3) is 0.286. The van der Waals surface area contributed by atoms with E-state index in [1.54, 1.807) is 0 Å². The zero-order chi connectivity index (χ0) is 26.8. The number of hydrogen-bond donors (Lipinski definition) is 0. The van der Waals surface area contributed by atoms with Crippen LogP contribution in [0.4, 0.5) is 0 Å². The zero-order valence-electron chi connectivity index (χ0n) is 23.4. The van der Waals surface area contributed by atoms with Crippen molar-refractivity contribution < 1.29 is 8.83 Å². The fourth-order valence-corrected chi connectivity index (χ4v) is 5.77. The minimum absolute atomic E-state index is 0.000416. The van der Waals surface area contributed by atoms with Gasteiger partial charge in [-0.1, -0.05) is 58.9 Å². The Balaban J connectivity index is 1.55. The first-order valence-electron chi connectivity index (χ1n) is 13.6. The third kappa shape index (κ3) is 4.01. The molecule has 0 saturated carbocycles. The van der Waals surface area contributed by atoms with Gasteiger partial charge in [0.2, 0.25) is 0 Å². The summed E-state index contributed by atoms with van der Waals surface area (Å²) in [7, 11) is 0. The van der Waals surface area contributed by atoms with E-state index in [0.29, 0.717) is 5.92 Å². The molecule has 3 aromatic heterocycles. The van der Waals surface area contributed by atoms with Crippen molar-refractivity contribution in [2.45, 2.75) is 60.3 Å². The van der Waals surface area contributed by atoms with Gasteiger partial charge in [0.15, 0.2) is 5.58 Å². The first-order chi connectivity index (χ1) is 18.1. The van der Waals surface area contributed by atoms with Crippen LogP contribution in [-0.4, -0.2) is 4.98 Å². The lowest BCUT2D eigenvalue weighted by Gasteiger charge is -2.22. The highest BCUT2D eigenvalue weighted by molar-refractivity contribution is 5.99. The molecule has 3 aromatic carbocycles. The lowest BCUT2D eigenvalue weighted by Crippen LogP contribution is -2.12. The minimum atomic E-state index is -0.000416. The monoisotopic (exact) mass is 501 g/mol. The van der Waals surface area contributed by atoms with Gasteiger partial charge in [-0.15, -0.1) is 0 Å². The molecule has 0 aliphatic carbocycles. The molecule has 3 heteroatoms. The number of rotatable bonds is 4. The van der Waals surface area contributed by atoms with Crippen LogP contribution in [-0.2, 0) is 11.8 Å². The quantitative estimate of drug-likeness (QED) is 0.241. The molecule has 0 aliphatic rings. The van der Waals surface area contributed by atoms with Crippen LogP contribution in [0.15, 0.2) is 75.7 Å². The normalized spacial score (nSPS) is 12.4. The van der Waals surface area contributed by atoms with Gasteiger partial charge in [0.05, 0.1) is 0 Å². The van der Waals surface area contributed by atoms with Crippen LogP contribution in [0.25, 0.3) is 55.3 Å². The van der Waals surface area contributed by atoms with Gasteiger partial charge < -0.3 is 8.83 Å². The van der Waals surface area contributed by atoms with Gasteiger partial charge in [-0.3, -0.25) is 4.98 Å². The van der Waals surface area contributed by atoms with Crippen LogP contribution in [0.2, 0.25) is 0 Å². The second kappa shape index (κ2) is 8.87. The summed E-state index contributed by atoms with van der Waals surface area (Å²) in [5.41, 5.74) is 8.53.